The van der Waals surface area contributed by atoms with E-state index in [1.54, 1.807) is 7.11 Å². The van der Waals surface area contributed by atoms with Crippen molar-refractivity contribution in [2.75, 3.05) is 25.5 Å². The molecule has 3 aromatic carbocycles. The summed E-state index contributed by atoms with van der Waals surface area (Å²) in [5.74, 6) is 2.70. The van der Waals surface area contributed by atoms with Crippen molar-refractivity contribution in [1.82, 2.24) is 19.0 Å². The van der Waals surface area contributed by atoms with Crippen LogP contribution in [0, 0.1) is 11.8 Å². The van der Waals surface area contributed by atoms with Crippen LogP contribution in [0.15, 0.2) is 54.6 Å². The van der Waals surface area contributed by atoms with E-state index < -0.39 is 11.7 Å². The van der Waals surface area contributed by atoms with Gasteiger partial charge in [0, 0.05) is 48.8 Å². The number of likely N-dealkylation sites (tertiary alicyclic amines) is 1. The predicted molar refractivity (Wildman–Crippen MR) is 188 cm³/mol. The quantitative estimate of drug-likeness (QED) is 0.192. The number of piperidine rings is 1. The van der Waals surface area contributed by atoms with Crippen LogP contribution in [0.5, 0.6) is 5.75 Å². The number of carbonyl (C=O) groups excluding carboxylic acids is 2. The van der Waals surface area contributed by atoms with E-state index in [1.807, 2.05) is 44.0 Å². The topological polar surface area (TPSA) is 90.6 Å². The fraction of sp³-hybridized carbons (Fsp3) is 0.410. The van der Waals surface area contributed by atoms with Crippen LogP contribution in [0.3, 0.4) is 0 Å². The lowest BCUT2D eigenvalue weighted by atomic mass is 9.91. The van der Waals surface area contributed by atoms with Gasteiger partial charge in [-0.3, -0.25) is 10.1 Å². The average Bonchev–Trinajstić information content (AvgIpc) is 3.75. The summed E-state index contributed by atoms with van der Waals surface area (Å²) in [5.41, 5.74) is 7.59. The summed E-state index contributed by atoms with van der Waals surface area (Å²) >= 11 is 0. The van der Waals surface area contributed by atoms with E-state index in [9.17, 15) is 9.59 Å². The molecule has 1 saturated heterocycles. The minimum Gasteiger partial charge on any atom is -0.494 e. The Morgan fingerprint density at radius 2 is 1.90 bits per heavy atom. The van der Waals surface area contributed by atoms with Crippen LogP contribution < -0.4 is 10.1 Å². The second-order valence-electron chi connectivity index (χ2n) is 14.3. The minimum atomic E-state index is -0.749. The number of aromatic nitrogens is 3. The van der Waals surface area contributed by atoms with Gasteiger partial charge in [0.2, 0.25) is 0 Å². The summed E-state index contributed by atoms with van der Waals surface area (Å²) in [5, 5.41) is 3.99. The zero-order valence-corrected chi connectivity index (χ0v) is 28.4. The lowest BCUT2D eigenvalue weighted by Crippen LogP contribution is -2.39. The van der Waals surface area contributed by atoms with Crippen molar-refractivity contribution in [3.05, 3.63) is 65.7 Å². The van der Waals surface area contributed by atoms with Crippen molar-refractivity contribution < 1.29 is 19.1 Å². The van der Waals surface area contributed by atoms with Crippen LogP contribution in [0.4, 0.5) is 10.5 Å². The molecule has 8 rings (SSSR count). The third kappa shape index (κ3) is 5.11. The van der Waals surface area contributed by atoms with Gasteiger partial charge in [-0.1, -0.05) is 37.6 Å². The van der Waals surface area contributed by atoms with Gasteiger partial charge in [0.15, 0.2) is 5.82 Å². The van der Waals surface area contributed by atoms with Crippen molar-refractivity contribution in [2.45, 2.75) is 65.0 Å². The van der Waals surface area contributed by atoms with Gasteiger partial charge in [0.05, 0.1) is 29.5 Å². The molecule has 0 radical (unpaired) electrons. The number of para-hydroxylation sites is 1. The highest BCUT2D eigenvalue weighted by Crippen LogP contribution is 2.43. The van der Waals surface area contributed by atoms with Crippen molar-refractivity contribution in [1.29, 1.82) is 0 Å². The van der Waals surface area contributed by atoms with Crippen LogP contribution in [0.25, 0.3) is 44.6 Å². The lowest BCUT2D eigenvalue weighted by Gasteiger charge is -2.32. The summed E-state index contributed by atoms with van der Waals surface area (Å²) in [6, 6.07) is 18.7. The van der Waals surface area contributed by atoms with Gasteiger partial charge in [-0.15, -0.1) is 0 Å². The molecule has 5 aromatic rings. The average molecular weight is 646 g/mol. The summed E-state index contributed by atoms with van der Waals surface area (Å²) < 4.78 is 16.1. The number of hydrogen-bond acceptors (Lipinski definition) is 5. The Kier molecular flexibility index (Phi) is 7.27. The first-order valence-electron chi connectivity index (χ1n) is 17.3. The van der Waals surface area contributed by atoms with E-state index in [0.717, 1.165) is 88.3 Å². The van der Waals surface area contributed by atoms with E-state index in [2.05, 4.69) is 57.8 Å². The summed E-state index contributed by atoms with van der Waals surface area (Å²) in [7, 11) is 3.70. The first kappa shape index (κ1) is 30.5. The number of fused-ring (bicyclic) bond motifs is 3. The fourth-order valence-electron chi connectivity index (χ4n) is 7.82. The first-order chi connectivity index (χ1) is 23.1. The third-order valence-corrected chi connectivity index (χ3v) is 10.6. The molecule has 2 aromatic heterocycles. The Morgan fingerprint density at radius 3 is 2.67 bits per heavy atom. The molecular formula is C39H43N5O4. The number of carbonyl (C=O) groups is 2. The molecule has 9 heteroatoms. The molecule has 248 valence electrons. The molecule has 1 aliphatic carbocycles. The molecule has 3 aliphatic rings. The Bertz CT molecular complexity index is 2100. The zero-order valence-electron chi connectivity index (χ0n) is 28.4. The van der Waals surface area contributed by atoms with Crippen LogP contribution in [-0.4, -0.2) is 51.2 Å². The monoisotopic (exact) mass is 645 g/mol. The lowest BCUT2D eigenvalue weighted by molar-refractivity contribution is 0.0420. The largest absolute Gasteiger partial charge is 0.494 e. The van der Waals surface area contributed by atoms with Crippen molar-refractivity contribution in [3.8, 4) is 28.4 Å². The molecule has 2 fully saturated rings. The van der Waals surface area contributed by atoms with E-state index in [0.29, 0.717) is 23.1 Å². The first-order valence-corrected chi connectivity index (χ1v) is 17.3. The number of methoxy groups -OCH3 is 1. The number of anilines is 1. The number of cyclic esters (lactones) is 1. The third-order valence-electron chi connectivity index (χ3n) is 10.6. The highest BCUT2D eigenvalue weighted by molar-refractivity contribution is 6.02. The van der Waals surface area contributed by atoms with Crippen molar-refractivity contribution in [3.63, 3.8) is 0 Å². The van der Waals surface area contributed by atoms with E-state index in [4.69, 9.17) is 14.5 Å². The summed E-state index contributed by atoms with van der Waals surface area (Å²) in [4.78, 5) is 33.1. The van der Waals surface area contributed by atoms with E-state index in [-0.39, 0.29) is 5.91 Å². The van der Waals surface area contributed by atoms with Gasteiger partial charge in [0.25, 0.3) is 5.91 Å². The standard InChI is InChI=1S/C39H43N5O4/c1-6-23-9-8-16-43(21-23)37(45)27-18-31-35(33(20-27)47-5)42(4)36(40-31)32-19-26-10-7-11-28(34(26)44(32)22-24-12-13-24)25-14-15-30-29(17-25)39(2,3)48-38(46)41-30/h7,10-11,14-15,17-20,23-24H,6,8-9,12-13,16,21-22H2,1-5H3,(H,41,46)/t23-/m1/s1. The molecule has 0 spiro atoms. The summed E-state index contributed by atoms with van der Waals surface area (Å²) in [6.07, 6.45) is 5.30. The van der Waals surface area contributed by atoms with Gasteiger partial charge in [0.1, 0.15) is 16.9 Å². The fourth-order valence-corrected chi connectivity index (χ4v) is 7.82. The SMILES string of the molecule is CC[C@@H]1CCCN(C(=O)c2cc(OC)c3c(c2)nc(-c2cc4cccc(-c5ccc6c(c5)C(C)(C)OC(=O)N6)c4n2CC2CC2)n3C)C1. The molecule has 0 unspecified atom stereocenters. The van der Waals surface area contributed by atoms with Gasteiger partial charge in [-0.05, 0) is 87.3 Å². The second kappa shape index (κ2) is 11.4. The molecule has 9 nitrogen and oxygen atoms in total. The number of imidazole rings is 1. The van der Waals surface area contributed by atoms with Crippen molar-refractivity contribution >= 4 is 39.6 Å². The second-order valence-corrected chi connectivity index (χ2v) is 14.3. The van der Waals surface area contributed by atoms with Crippen LogP contribution in [0.1, 0.15) is 68.8 Å². The molecule has 2 aliphatic heterocycles. The molecule has 1 atom stereocenters. The number of nitrogens with one attached hydrogen (secondary N) is 1. The van der Waals surface area contributed by atoms with Crippen LogP contribution in [0.2, 0.25) is 0 Å². The Morgan fingerprint density at radius 1 is 1.06 bits per heavy atom. The maximum Gasteiger partial charge on any atom is 0.412 e. The maximum atomic E-state index is 13.8. The molecule has 48 heavy (non-hydrogen) atoms. The van der Waals surface area contributed by atoms with Crippen LogP contribution in [-0.2, 0) is 23.9 Å². The number of aryl methyl sites for hydroxylation is 1. The van der Waals surface area contributed by atoms with Gasteiger partial charge < -0.3 is 23.5 Å². The van der Waals surface area contributed by atoms with E-state index >= 15 is 0 Å². The number of ether oxygens (including phenoxy) is 2. The molecule has 2 amide bonds. The molecule has 1 saturated carbocycles. The highest BCUT2D eigenvalue weighted by Gasteiger charge is 2.34. The normalized spacial score (nSPS) is 18.9. The Labute approximate surface area is 280 Å². The van der Waals surface area contributed by atoms with Crippen molar-refractivity contribution in [2.24, 2.45) is 18.9 Å². The molecule has 1 N–H and O–H groups in total. The number of rotatable bonds is 7. The number of nitrogens with zero attached hydrogens (tertiary/aromatic N) is 4. The maximum absolute atomic E-state index is 13.8. The smallest absolute Gasteiger partial charge is 0.412 e. The number of hydrogen-bond donors (Lipinski definition) is 1. The molecular weight excluding hydrogens is 602 g/mol. The van der Waals surface area contributed by atoms with Gasteiger partial charge >= 0.3 is 6.09 Å². The van der Waals surface area contributed by atoms with Gasteiger partial charge in [-0.2, -0.15) is 0 Å². The Balaban J connectivity index is 1.26. The van der Waals surface area contributed by atoms with Gasteiger partial charge in [-0.25, -0.2) is 9.78 Å². The zero-order chi connectivity index (χ0) is 33.3. The predicted octanol–water partition coefficient (Wildman–Crippen LogP) is 8.34. The molecule has 0 bridgehead atoms. The molecule has 4 heterocycles. The van der Waals surface area contributed by atoms with Crippen LogP contribution >= 0.6 is 0 Å². The Hall–Kier alpha value is -4.79. The minimum absolute atomic E-state index is 0.0474. The number of benzene rings is 3. The number of amides is 2. The summed E-state index contributed by atoms with van der Waals surface area (Å²) in [6.45, 7) is 8.54. The highest BCUT2D eigenvalue weighted by atomic mass is 16.6. The van der Waals surface area contributed by atoms with E-state index in [1.165, 1.54) is 19.3 Å².